The lowest BCUT2D eigenvalue weighted by atomic mass is 9.99. The van der Waals surface area contributed by atoms with Gasteiger partial charge in [-0.05, 0) is 10.8 Å². The summed E-state index contributed by atoms with van der Waals surface area (Å²) >= 11 is 0. The van der Waals surface area contributed by atoms with Gasteiger partial charge in [0.2, 0.25) is 5.78 Å². The first-order valence-corrected chi connectivity index (χ1v) is 5.41. The minimum Gasteiger partial charge on any atom is -0.294 e. The quantitative estimate of drug-likeness (QED) is 0.614. The Morgan fingerprint density at radius 3 is 2.39 bits per heavy atom. The molecule has 2 rings (SSSR count). The lowest BCUT2D eigenvalue weighted by molar-refractivity contribution is -0.128. The summed E-state index contributed by atoms with van der Waals surface area (Å²) in [5, 5.41) is 1.51. The zero-order chi connectivity index (χ0) is 13.1. The Labute approximate surface area is 102 Å². The van der Waals surface area contributed by atoms with Gasteiger partial charge >= 0.3 is 0 Å². The van der Waals surface area contributed by atoms with Crippen molar-refractivity contribution in [2.24, 2.45) is 0 Å². The van der Waals surface area contributed by atoms with Gasteiger partial charge in [-0.1, -0.05) is 42.5 Å². The van der Waals surface area contributed by atoms with Crippen molar-refractivity contribution in [3.8, 4) is 0 Å². The normalized spacial score (nSPS) is 10.8. The molecule has 0 spiro atoms. The molecule has 0 aliphatic heterocycles. The average Bonchev–Trinajstić information content (AvgIpc) is 2.37. The summed E-state index contributed by atoms with van der Waals surface area (Å²) < 4.78 is 24.2. The number of fused-ring (bicyclic) bond motifs is 1. The maximum atomic E-state index is 12.1. The Balaban J connectivity index is 2.36. The van der Waals surface area contributed by atoms with Crippen molar-refractivity contribution in [1.29, 1.82) is 0 Å². The van der Waals surface area contributed by atoms with Gasteiger partial charge < -0.3 is 0 Å². The van der Waals surface area contributed by atoms with Crippen LogP contribution in [0.3, 0.4) is 0 Å². The Bertz CT molecular complexity index is 600. The van der Waals surface area contributed by atoms with E-state index in [2.05, 4.69) is 0 Å². The van der Waals surface area contributed by atoms with Crippen LogP contribution in [0.4, 0.5) is 8.78 Å². The molecular formula is C14H10F2O2. The predicted octanol–water partition coefficient (Wildman–Crippen LogP) is 3.25. The summed E-state index contributed by atoms with van der Waals surface area (Å²) in [6.07, 6.45) is -3.85. The van der Waals surface area contributed by atoms with Crippen LogP contribution in [0.25, 0.3) is 10.8 Å². The number of benzene rings is 2. The molecule has 0 radical (unpaired) electrons. The van der Waals surface area contributed by atoms with Crippen molar-refractivity contribution in [1.82, 2.24) is 0 Å². The SMILES string of the molecule is O=C(CC(=O)C(F)F)c1cccc2ccccc12. The number of ketones is 2. The fourth-order valence-electron chi connectivity index (χ4n) is 1.80. The van der Waals surface area contributed by atoms with Crippen molar-refractivity contribution in [2.45, 2.75) is 12.8 Å². The molecule has 0 heterocycles. The molecule has 0 aliphatic rings. The molecule has 2 aromatic rings. The lowest BCUT2D eigenvalue weighted by Crippen LogP contribution is -2.15. The van der Waals surface area contributed by atoms with Gasteiger partial charge in [0.15, 0.2) is 5.78 Å². The number of halogens is 2. The zero-order valence-corrected chi connectivity index (χ0v) is 9.40. The number of carbonyl (C=O) groups excluding carboxylic acids is 2. The van der Waals surface area contributed by atoms with E-state index in [0.29, 0.717) is 10.9 Å². The molecule has 0 aliphatic carbocycles. The van der Waals surface area contributed by atoms with Gasteiger partial charge in [0.1, 0.15) is 0 Å². The minimum absolute atomic E-state index is 0.308. The largest absolute Gasteiger partial charge is 0.296 e. The van der Waals surface area contributed by atoms with E-state index in [0.717, 1.165) is 5.39 Å². The minimum atomic E-state index is -3.09. The Kier molecular flexibility index (Phi) is 3.46. The highest BCUT2D eigenvalue weighted by Gasteiger charge is 2.20. The van der Waals surface area contributed by atoms with E-state index in [9.17, 15) is 18.4 Å². The van der Waals surface area contributed by atoms with E-state index in [1.54, 1.807) is 24.3 Å². The molecule has 92 valence electrons. The predicted molar refractivity (Wildman–Crippen MR) is 63.9 cm³/mol. The monoisotopic (exact) mass is 248 g/mol. The van der Waals surface area contributed by atoms with Crippen molar-refractivity contribution in [2.75, 3.05) is 0 Å². The summed E-state index contributed by atoms with van der Waals surface area (Å²) in [6.45, 7) is 0. The molecule has 0 saturated carbocycles. The van der Waals surface area contributed by atoms with Gasteiger partial charge in [0.05, 0.1) is 6.42 Å². The van der Waals surface area contributed by atoms with Crippen LogP contribution in [0.5, 0.6) is 0 Å². The number of Topliss-reactive ketones (excluding diaryl/α,β-unsaturated/α-hetero) is 2. The molecule has 0 saturated heterocycles. The number of hydrogen-bond acceptors (Lipinski definition) is 2. The summed E-state index contributed by atoms with van der Waals surface area (Å²) in [5.74, 6) is -1.91. The summed E-state index contributed by atoms with van der Waals surface area (Å²) in [6, 6.07) is 12.2. The molecule has 0 fully saturated rings. The van der Waals surface area contributed by atoms with Crippen molar-refractivity contribution >= 4 is 22.3 Å². The molecule has 2 nitrogen and oxygen atoms in total. The first kappa shape index (κ1) is 12.4. The van der Waals surface area contributed by atoms with Gasteiger partial charge in [0.25, 0.3) is 6.43 Å². The van der Waals surface area contributed by atoms with Gasteiger partial charge in [-0.2, -0.15) is 0 Å². The number of carbonyl (C=O) groups is 2. The first-order chi connectivity index (χ1) is 8.59. The van der Waals surface area contributed by atoms with Gasteiger partial charge in [-0.3, -0.25) is 9.59 Å². The van der Waals surface area contributed by atoms with E-state index in [4.69, 9.17) is 0 Å². The van der Waals surface area contributed by atoms with E-state index in [-0.39, 0.29) is 0 Å². The zero-order valence-electron chi connectivity index (χ0n) is 9.40. The molecule has 18 heavy (non-hydrogen) atoms. The van der Waals surface area contributed by atoms with Crippen molar-refractivity contribution in [3.63, 3.8) is 0 Å². The third-order valence-corrected chi connectivity index (χ3v) is 2.67. The third kappa shape index (κ3) is 2.42. The second kappa shape index (κ2) is 5.04. The van der Waals surface area contributed by atoms with E-state index in [1.807, 2.05) is 18.2 Å². The van der Waals surface area contributed by atoms with Crippen LogP contribution in [0.15, 0.2) is 42.5 Å². The molecule has 0 amide bonds. The molecule has 4 heteroatoms. The van der Waals surface area contributed by atoms with Crippen LogP contribution >= 0.6 is 0 Å². The van der Waals surface area contributed by atoms with Gasteiger partial charge in [-0.25, -0.2) is 8.78 Å². The molecule has 0 bridgehead atoms. The van der Waals surface area contributed by atoms with Crippen LogP contribution < -0.4 is 0 Å². The van der Waals surface area contributed by atoms with Gasteiger partial charge in [0, 0.05) is 5.56 Å². The topological polar surface area (TPSA) is 34.1 Å². The van der Waals surface area contributed by atoms with Crippen LogP contribution in [0, 0.1) is 0 Å². The second-order valence-corrected chi connectivity index (χ2v) is 3.89. The highest BCUT2D eigenvalue weighted by molar-refractivity contribution is 6.14. The van der Waals surface area contributed by atoms with Crippen LogP contribution in [0.2, 0.25) is 0 Å². The van der Waals surface area contributed by atoms with Crippen LogP contribution in [-0.4, -0.2) is 18.0 Å². The summed E-state index contributed by atoms with van der Waals surface area (Å²) in [5.41, 5.74) is 0.308. The Morgan fingerprint density at radius 2 is 1.67 bits per heavy atom. The van der Waals surface area contributed by atoms with Gasteiger partial charge in [-0.15, -0.1) is 0 Å². The highest BCUT2D eigenvalue weighted by atomic mass is 19.3. The molecule has 2 aromatic carbocycles. The highest BCUT2D eigenvalue weighted by Crippen LogP contribution is 2.20. The standard InChI is InChI=1S/C14H10F2O2/c15-14(16)13(18)8-12(17)11-7-3-5-9-4-1-2-6-10(9)11/h1-7,14H,8H2. The number of hydrogen-bond donors (Lipinski definition) is 0. The fourth-order valence-corrected chi connectivity index (χ4v) is 1.80. The lowest BCUT2D eigenvalue weighted by Gasteiger charge is -2.05. The van der Waals surface area contributed by atoms with E-state index < -0.39 is 24.4 Å². The molecule has 0 unspecified atom stereocenters. The van der Waals surface area contributed by atoms with Crippen molar-refractivity contribution < 1.29 is 18.4 Å². The average molecular weight is 248 g/mol. The summed E-state index contributed by atoms with van der Waals surface area (Å²) in [4.78, 5) is 22.7. The fraction of sp³-hybridized carbons (Fsp3) is 0.143. The number of rotatable bonds is 4. The maximum absolute atomic E-state index is 12.1. The second-order valence-electron chi connectivity index (χ2n) is 3.89. The molecular weight excluding hydrogens is 238 g/mol. The van der Waals surface area contributed by atoms with Crippen LogP contribution in [-0.2, 0) is 4.79 Å². The van der Waals surface area contributed by atoms with Crippen LogP contribution in [0.1, 0.15) is 16.8 Å². The Morgan fingerprint density at radius 1 is 1.00 bits per heavy atom. The van der Waals surface area contributed by atoms with E-state index >= 15 is 0 Å². The Hall–Kier alpha value is -2.10. The number of alkyl halides is 2. The first-order valence-electron chi connectivity index (χ1n) is 5.41. The van der Waals surface area contributed by atoms with Crippen molar-refractivity contribution in [3.05, 3.63) is 48.0 Å². The summed E-state index contributed by atoms with van der Waals surface area (Å²) in [7, 11) is 0. The van der Waals surface area contributed by atoms with E-state index in [1.165, 1.54) is 0 Å². The smallest absolute Gasteiger partial charge is 0.294 e. The molecule has 0 aromatic heterocycles. The maximum Gasteiger partial charge on any atom is 0.296 e. The third-order valence-electron chi connectivity index (χ3n) is 2.67. The molecule has 0 N–H and O–H groups in total. The molecule has 0 atom stereocenters.